The van der Waals surface area contributed by atoms with Gasteiger partial charge in [-0.3, -0.25) is 0 Å². The molecule has 8 aromatic rings. The van der Waals surface area contributed by atoms with Gasteiger partial charge in [0.2, 0.25) is 0 Å². The molecule has 0 aliphatic carbocycles. The van der Waals surface area contributed by atoms with E-state index in [0.717, 1.165) is 51.5 Å². The van der Waals surface area contributed by atoms with Crippen molar-refractivity contribution in [3.63, 3.8) is 0 Å². The van der Waals surface area contributed by atoms with Crippen molar-refractivity contribution in [3.05, 3.63) is 109 Å². The number of benzene rings is 6. The molecule has 0 nitrogen and oxygen atoms in total. The van der Waals surface area contributed by atoms with E-state index in [0.29, 0.717) is 0 Å². The van der Waals surface area contributed by atoms with Crippen molar-refractivity contribution in [3.8, 4) is 22.3 Å². The fourth-order valence-corrected chi connectivity index (χ4v) is 9.28. The van der Waals surface area contributed by atoms with Gasteiger partial charge in [0.1, 0.15) is 0 Å². The number of rotatable bonds is 2. The van der Waals surface area contributed by atoms with Crippen LogP contribution in [-0.4, -0.2) is 51.5 Å². The normalized spacial score (nSPS) is 11.9. The molecule has 0 amide bonds. The number of hydrogen-bond donors (Lipinski definition) is 0. The zero-order valence-corrected chi connectivity index (χ0v) is 29.6. The first-order valence-corrected chi connectivity index (χ1v) is 18.0. The molecule has 2 heterocycles. The quantitative estimate of drug-likeness (QED) is 0.153. The molecule has 2 aromatic heterocycles. The summed E-state index contributed by atoms with van der Waals surface area (Å²) in [5.41, 5.74) is 5.19. The standard InChI is InChI=1S/C34H18S2.2Pb/c1-3-7-21(8-4-1)23-11-17-31-29(19-23)27-15-13-26-25(33(27)35-31)14-16-28-30-20-24(22-9-5-2-6-10-22)12-18-32(30)36-34(26)28;;/h3-20H;;. The third kappa shape index (κ3) is 3.82. The van der Waals surface area contributed by atoms with E-state index in [-0.39, 0.29) is 0 Å². The molecule has 0 N–H and O–H groups in total. The molecular formula is C34H18Pb2S2. The van der Waals surface area contributed by atoms with Gasteiger partial charge in [-0.25, -0.2) is 0 Å². The second-order valence-electron chi connectivity index (χ2n) is 9.76. The van der Waals surface area contributed by atoms with E-state index in [9.17, 15) is 0 Å². The van der Waals surface area contributed by atoms with Gasteiger partial charge >= 0.3 is 263 Å². The van der Waals surface area contributed by atoms with Crippen LogP contribution >= 0.6 is 22.7 Å². The summed E-state index contributed by atoms with van der Waals surface area (Å²) in [5, 5.41) is 8.19. The van der Waals surface area contributed by atoms with Crippen molar-refractivity contribution in [1.29, 1.82) is 0 Å². The van der Waals surface area contributed by atoms with Crippen LogP contribution in [0.15, 0.2) is 109 Å². The predicted molar refractivity (Wildman–Crippen MR) is 171 cm³/mol. The van der Waals surface area contributed by atoms with Crippen molar-refractivity contribution in [2.75, 3.05) is 0 Å². The predicted octanol–water partition coefficient (Wildman–Crippen LogP) is 8.50. The molecule has 6 aromatic carbocycles. The van der Waals surface area contributed by atoms with E-state index in [1.54, 1.807) is 0 Å². The summed E-state index contributed by atoms with van der Waals surface area (Å²) in [6.07, 6.45) is 0. The van der Waals surface area contributed by atoms with Crippen LogP contribution in [0.5, 0.6) is 0 Å². The summed E-state index contributed by atoms with van der Waals surface area (Å²) in [4.78, 5) is 0. The maximum atomic E-state index is 2.38. The van der Waals surface area contributed by atoms with E-state index in [2.05, 4.69) is 109 Å². The molecule has 174 valence electrons. The molecular weight excluding hydrogens is 887 g/mol. The molecule has 0 fully saturated rings. The Balaban J connectivity index is 1.32. The summed E-state index contributed by atoms with van der Waals surface area (Å²) in [5.74, 6) is 0. The zero-order valence-electron chi connectivity index (χ0n) is 20.2. The fourth-order valence-electron chi connectivity index (χ4n) is 5.56. The molecule has 0 atom stereocenters. The van der Waals surface area contributed by atoms with Crippen LogP contribution in [0, 0.1) is 0 Å². The first-order valence-electron chi connectivity index (χ1n) is 12.5. The fraction of sp³-hybridized carbons (Fsp3) is 0. The zero-order chi connectivity index (χ0) is 25.4. The second-order valence-corrected chi connectivity index (χ2v) is 16.4. The average Bonchev–Trinajstić information content (AvgIpc) is 3.51. The molecule has 0 saturated carbocycles. The Morgan fingerprint density at radius 1 is 0.342 bits per heavy atom. The third-order valence-corrected chi connectivity index (χ3v) is 12.5. The van der Waals surface area contributed by atoms with Crippen molar-refractivity contribution in [2.45, 2.75) is 0 Å². The van der Waals surface area contributed by atoms with Crippen molar-refractivity contribution in [1.82, 2.24) is 0 Å². The second kappa shape index (κ2) is 9.22. The first kappa shape index (κ1) is 23.7. The van der Waals surface area contributed by atoms with Gasteiger partial charge < -0.3 is 0 Å². The van der Waals surface area contributed by atoms with E-state index >= 15 is 0 Å². The third-order valence-electron chi connectivity index (χ3n) is 7.50. The Morgan fingerprint density at radius 3 is 1.08 bits per heavy atom. The van der Waals surface area contributed by atoms with Gasteiger partial charge in [-0.1, -0.05) is 0 Å². The summed E-state index contributed by atoms with van der Waals surface area (Å²) in [6.45, 7) is 0. The molecule has 0 aliphatic heterocycles. The number of thiophene rings is 2. The van der Waals surface area contributed by atoms with Gasteiger partial charge in [-0.15, -0.1) is 0 Å². The summed E-state index contributed by atoms with van der Waals surface area (Å²) >= 11 is 6.04. The van der Waals surface area contributed by atoms with Crippen LogP contribution in [0.1, 0.15) is 0 Å². The Kier molecular flexibility index (Phi) is 5.75. The van der Waals surface area contributed by atoms with Gasteiger partial charge in [-0.05, 0) is 0 Å². The average molecular weight is 905 g/mol. The molecule has 0 spiro atoms. The summed E-state index contributed by atoms with van der Waals surface area (Å²) < 4.78 is 8.38. The summed E-state index contributed by atoms with van der Waals surface area (Å²) in [7, 11) is 0. The van der Waals surface area contributed by atoms with E-state index in [1.807, 2.05) is 22.7 Å². The van der Waals surface area contributed by atoms with Crippen LogP contribution in [0.3, 0.4) is 0 Å². The minimum atomic E-state index is 1.09. The van der Waals surface area contributed by atoms with Gasteiger partial charge in [-0.2, -0.15) is 0 Å². The Morgan fingerprint density at radius 2 is 0.684 bits per heavy atom. The minimum absolute atomic E-state index is 1.09. The van der Waals surface area contributed by atoms with Crippen LogP contribution in [0.25, 0.3) is 73.4 Å². The monoisotopic (exact) mass is 906 g/mol. The number of hydrogen-bond acceptors (Lipinski definition) is 2. The van der Waals surface area contributed by atoms with Gasteiger partial charge in [0.15, 0.2) is 0 Å². The Labute approximate surface area is 260 Å². The molecule has 0 aliphatic rings. The van der Waals surface area contributed by atoms with Crippen LogP contribution in [0.4, 0.5) is 0 Å². The van der Waals surface area contributed by atoms with Gasteiger partial charge in [0.05, 0.1) is 0 Å². The van der Waals surface area contributed by atoms with E-state index < -0.39 is 0 Å². The van der Waals surface area contributed by atoms with Crippen molar-refractivity contribution >= 4 is 132 Å². The van der Waals surface area contributed by atoms with Crippen molar-refractivity contribution in [2.24, 2.45) is 0 Å². The van der Waals surface area contributed by atoms with E-state index in [4.69, 9.17) is 0 Å². The van der Waals surface area contributed by atoms with Gasteiger partial charge in [0, 0.05) is 0 Å². The van der Waals surface area contributed by atoms with Crippen molar-refractivity contribution < 1.29 is 0 Å². The van der Waals surface area contributed by atoms with Crippen LogP contribution in [-0.2, 0) is 0 Å². The van der Waals surface area contributed by atoms with Crippen LogP contribution < -0.4 is 6.25 Å². The molecule has 0 saturated heterocycles. The molecule has 6 radical (unpaired) electrons. The summed E-state index contributed by atoms with van der Waals surface area (Å²) in [6, 6.07) is 41.4. The molecule has 38 heavy (non-hydrogen) atoms. The van der Waals surface area contributed by atoms with E-state index in [1.165, 1.54) is 79.6 Å². The Hall–Kier alpha value is -2.14. The SMILES string of the molecule is [Pb][c]1ccc(-c2ccc3sc4c(ccc5c4ccc4c6cc(-c7cc[c]([Pb])cc7)ccc6sc45)c3c2)cc1. The number of fused-ring (bicyclic) bond motifs is 9. The first-order chi connectivity index (χ1) is 18.6. The molecule has 0 bridgehead atoms. The molecule has 4 heteroatoms. The Bertz CT molecular complexity index is 2020. The topological polar surface area (TPSA) is 0 Å². The molecule has 8 rings (SSSR count). The molecule has 0 unspecified atom stereocenters. The van der Waals surface area contributed by atoms with Gasteiger partial charge in [0.25, 0.3) is 0 Å². The maximum absolute atomic E-state index is 2.38. The van der Waals surface area contributed by atoms with Crippen LogP contribution in [0.2, 0.25) is 0 Å².